The van der Waals surface area contributed by atoms with E-state index in [0.29, 0.717) is 11.7 Å². The number of halogens is 2. The summed E-state index contributed by atoms with van der Waals surface area (Å²) in [6, 6.07) is 5.52. The van der Waals surface area contributed by atoms with Crippen LogP contribution in [0.3, 0.4) is 0 Å². The van der Waals surface area contributed by atoms with Crippen molar-refractivity contribution in [3.8, 4) is 0 Å². The second-order valence-electron chi connectivity index (χ2n) is 3.26. The van der Waals surface area contributed by atoms with Crippen LogP contribution < -0.4 is 11.5 Å². The molecule has 3 nitrogen and oxygen atoms in total. The van der Waals surface area contributed by atoms with Crippen molar-refractivity contribution in [3.05, 3.63) is 23.9 Å². The van der Waals surface area contributed by atoms with E-state index in [0.717, 1.165) is 5.69 Å². The van der Waals surface area contributed by atoms with Crippen LogP contribution in [0.15, 0.2) is 18.2 Å². The Hall–Kier alpha value is -0.510. The van der Waals surface area contributed by atoms with Crippen molar-refractivity contribution < 1.29 is 0 Å². The average Bonchev–Trinajstić information content (AvgIpc) is 2.03. The maximum absolute atomic E-state index is 5.89. The van der Waals surface area contributed by atoms with Crippen molar-refractivity contribution in [1.29, 1.82) is 0 Å². The summed E-state index contributed by atoms with van der Waals surface area (Å²) in [5, 5.41) is 0. The molecule has 1 unspecified atom stereocenters. The van der Waals surface area contributed by atoms with Gasteiger partial charge in [0.1, 0.15) is 5.82 Å². The number of hydrogen-bond donors (Lipinski definition) is 2. The van der Waals surface area contributed by atoms with Crippen molar-refractivity contribution in [2.75, 3.05) is 5.73 Å². The van der Waals surface area contributed by atoms with Gasteiger partial charge in [-0.2, -0.15) is 0 Å². The van der Waals surface area contributed by atoms with Gasteiger partial charge in [-0.1, -0.05) is 19.9 Å². The van der Waals surface area contributed by atoms with E-state index in [4.69, 9.17) is 11.5 Å². The summed E-state index contributed by atoms with van der Waals surface area (Å²) in [7, 11) is 0. The quantitative estimate of drug-likeness (QED) is 0.829. The largest absolute Gasteiger partial charge is 0.384 e. The lowest BCUT2D eigenvalue weighted by Gasteiger charge is -2.14. The average molecular weight is 238 g/mol. The van der Waals surface area contributed by atoms with Crippen LogP contribution in [0.1, 0.15) is 25.6 Å². The van der Waals surface area contributed by atoms with E-state index in [1.165, 1.54) is 0 Å². The number of aromatic nitrogens is 1. The van der Waals surface area contributed by atoms with Crippen molar-refractivity contribution in [1.82, 2.24) is 4.98 Å². The molecular formula is C9H17Cl2N3. The molecule has 14 heavy (non-hydrogen) atoms. The molecule has 4 N–H and O–H groups in total. The van der Waals surface area contributed by atoms with Crippen LogP contribution in [-0.2, 0) is 0 Å². The van der Waals surface area contributed by atoms with E-state index in [2.05, 4.69) is 18.8 Å². The molecule has 0 aliphatic heterocycles. The van der Waals surface area contributed by atoms with Gasteiger partial charge in [-0.15, -0.1) is 24.8 Å². The Morgan fingerprint density at radius 3 is 2.21 bits per heavy atom. The lowest BCUT2D eigenvalue weighted by Crippen LogP contribution is -2.18. The first-order valence-corrected chi connectivity index (χ1v) is 4.09. The third kappa shape index (κ3) is 4.13. The molecule has 0 spiro atoms. The first kappa shape index (κ1) is 15.9. The van der Waals surface area contributed by atoms with Crippen molar-refractivity contribution in [3.63, 3.8) is 0 Å². The van der Waals surface area contributed by atoms with E-state index in [-0.39, 0.29) is 30.9 Å². The molecule has 0 saturated carbocycles. The second kappa shape index (κ2) is 6.87. The summed E-state index contributed by atoms with van der Waals surface area (Å²) in [5.41, 5.74) is 12.3. The van der Waals surface area contributed by atoms with E-state index < -0.39 is 0 Å². The van der Waals surface area contributed by atoms with Crippen LogP contribution in [0.4, 0.5) is 5.82 Å². The Morgan fingerprint density at radius 2 is 1.79 bits per heavy atom. The Kier molecular flexibility index (Phi) is 7.82. The van der Waals surface area contributed by atoms with Gasteiger partial charge in [0.05, 0.1) is 5.69 Å². The van der Waals surface area contributed by atoms with E-state index >= 15 is 0 Å². The minimum Gasteiger partial charge on any atom is -0.384 e. The molecule has 82 valence electrons. The molecule has 1 atom stereocenters. The van der Waals surface area contributed by atoms with Crippen LogP contribution in [0.5, 0.6) is 0 Å². The van der Waals surface area contributed by atoms with Gasteiger partial charge < -0.3 is 11.5 Å². The minimum atomic E-state index is -0.0199. The topological polar surface area (TPSA) is 64.9 Å². The molecule has 0 amide bonds. The summed E-state index contributed by atoms with van der Waals surface area (Å²) < 4.78 is 0. The highest BCUT2D eigenvalue weighted by Crippen LogP contribution is 2.16. The number of rotatable bonds is 2. The standard InChI is InChI=1S/C9H15N3.2ClH/c1-6(2)9(11)7-4-3-5-8(10)12-7;;/h3-6,9H,11H2,1-2H3,(H2,10,12);2*1H. The van der Waals surface area contributed by atoms with Crippen LogP contribution in [0, 0.1) is 5.92 Å². The molecule has 0 aliphatic carbocycles. The Bertz CT molecular complexity index is 266. The predicted molar refractivity (Wildman–Crippen MR) is 64.9 cm³/mol. The van der Waals surface area contributed by atoms with Gasteiger partial charge >= 0.3 is 0 Å². The highest BCUT2D eigenvalue weighted by Gasteiger charge is 2.11. The van der Waals surface area contributed by atoms with Gasteiger partial charge in [0.25, 0.3) is 0 Å². The zero-order valence-electron chi connectivity index (χ0n) is 8.31. The number of nitrogen functional groups attached to an aromatic ring is 1. The van der Waals surface area contributed by atoms with E-state index in [1.54, 1.807) is 6.07 Å². The summed E-state index contributed by atoms with van der Waals surface area (Å²) >= 11 is 0. The van der Waals surface area contributed by atoms with Crippen molar-refractivity contribution >= 4 is 30.6 Å². The van der Waals surface area contributed by atoms with E-state index in [9.17, 15) is 0 Å². The first-order chi connectivity index (χ1) is 5.61. The van der Waals surface area contributed by atoms with Crippen molar-refractivity contribution in [2.45, 2.75) is 19.9 Å². The predicted octanol–water partition coefficient (Wildman–Crippen LogP) is 2.16. The number of anilines is 1. The highest BCUT2D eigenvalue weighted by atomic mass is 35.5. The molecule has 1 aromatic heterocycles. The van der Waals surface area contributed by atoms with Crippen LogP contribution in [-0.4, -0.2) is 4.98 Å². The molecule has 0 bridgehead atoms. The maximum Gasteiger partial charge on any atom is 0.123 e. The third-order valence-corrected chi connectivity index (χ3v) is 1.85. The van der Waals surface area contributed by atoms with Crippen LogP contribution in [0.25, 0.3) is 0 Å². The number of pyridine rings is 1. The normalized spacial score (nSPS) is 11.4. The molecule has 0 aromatic carbocycles. The van der Waals surface area contributed by atoms with Gasteiger partial charge in [0.15, 0.2) is 0 Å². The van der Waals surface area contributed by atoms with Crippen LogP contribution >= 0.6 is 24.8 Å². The summed E-state index contributed by atoms with van der Waals surface area (Å²) in [6.45, 7) is 4.13. The van der Waals surface area contributed by atoms with Gasteiger partial charge in [-0.3, -0.25) is 0 Å². The summed E-state index contributed by atoms with van der Waals surface area (Å²) in [6.07, 6.45) is 0. The molecule has 0 aliphatic rings. The molecule has 0 fully saturated rings. The lowest BCUT2D eigenvalue weighted by atomic mass is 10.0. The Labute approximate surface area is 97.1 Å². The zero-order chi connectivity index (χ0) is 9.14. The highest BCUT2D eigenvalue weighted by molar-refractivity contribution is 5.85. The molecular weight excluding hydrogens is 221 g/mol. The first-order valence-electron chi connectivity index (χ1n) is 4.09. The fourth-order valence-corrected chi connectivity index (χ4v) is 0.996. The Balaban J connectivity index is 0. The van der Waals surface area contributed by atoms with Crippen LogP contribution in [0.2, 0.25) is 0 Å². The fraction of sp³-hybridized carbons (Fsp3) is 0.444. The summed E-state index contributed by atoms with van der Waals surface area (Å²) in [5.74, 6) is 0.919. The monoisotopic (exact) mass is 237 g/mol. The molecule has 1 rings (SSSR count). The number of nitrogens with zero attached hydrogens (tertiary/aromatic N) is 1. The second-order valence-corrected chi connectivity index (χ2v) is 3.26. The van der Waals surface area contributed by atoms with Gasteiger partial charge in [-0.05, 0) is 18.1 Å². The third-order valence-electron chi connectivity index (χ3n) is 1.85. The summed E-state index contributed by atoms with van der Waals surface area (Å²) in [4.78, 5) is 4.15. The fourth-order valence-electron chi connectivity index (χ4n) is 0.996. The smallest absolute Gasteiger partial charge is 0.123 e. The molecule has 0 saturated heterocycles. The zero-order valence-corrected chi connectivity index (χ0v) is 9.94. The molecule has 1 heterocycles. The lowest BCUT2D eigenvalue weighted by molar-refractivity contribution is 0.503. The molecule has 1 aromatic rings. The maximum atomic E-state index is 5.89. The van der Waals surface area contributed by atoms with Gasteiger partial charge in [-0.25, -0.2) is 4.98 Å². The SMILES string of the molecule is CC(C)C(N)c1cccc(N)n1.Cl.Cl. The van der Waals surface area contributed by atoms with Crippen molar-refractivity contribution in [2.24, 2.45) is 11.7 Å². The minimum absolute atomic E-state index is 0. The number of nitrogens with two attached hydrogens (primary N) is 2. The van der Waals surface area contributed by atoms with Gasteiger partial charge in [0.2, 0.25) is 0 Å². The molecule has 0 radical (unpaired) electrons. The van der Waals surface area contributed by atoms with E-state index in [1.807, 2.05) is 12.1 Å². The molecule has 5 heteroatoms. The van der Waals surface area contributed by atoms with Gasteiger partial charge in [0, 0.05) is 6.04 Å². The Morgan fingerprint density at radius 1 is 1.21 bits per heavy atom. The number of hydrogen-bond acceptors (Lipinski definition) is 3.